The lowest BCUT2D eigenvalue weighted by atomic mass is 9.96. The van der Waals surface area contributed by atoms with Crippen molar-refractivity contribution in [2.75, 3.05) is 0 Å². The number of amides is 1. The first-order chi connectivity index (χ1) is 12.5. The molecule has 0 aliphatic rings. The number of hydrogen-bond acceptors (Lipinski definition) is 5. The van der Waals surface area contributed by atoms with Gasteiger partial charge in [-0.2, -0.15) is 0 Å². The van der Waals surface area contributed by atoms with Crippen LogP contribution in [0.5, 0.6) is 0 Å². The number of rotatable bonds is 6. The summed E-state index contributed by atoms with van der Waals surface area (Å²) in [6.45, 7) is 4.03. The highest BCUT2D eigenvalue weighted by Gasteiger charge is 2.19. The van der Waals surface area contributed by atoms with E-state index in [0.717, 1.165) is 5.56 Å². The number of aromatic nitrogens is 3. The number of hydrogen-bond donors (Lipinski definition) is 1. The average molecular weight is 370 g/mol. The lowest BCUT2D eigenvalue weighted by molar-refractivity contribution is -0.121. The summed E-state index contributed by atoms with van der Waals surface area (Å²) in [7, 11) is 0. The predicted molar refractivity (Wildman–Crippen MR) is 99.0 cm³/mol. The van der Waals surface area contributed by atoms with E-state index >= 15 is 0 Å². The number of benzene rings is 1. The molecule has 1 amide bonds. The molecule has 0 aliphatic carbocycles. The molecule has 0 fully saturated rings. The van der Waals surface area contributed by atoms with E-state index in [9.17, 15) is 9.18 Å². The fourth-order valence-electron chi connectivity index (χ4n) is 2.59. The molecule has 0 spiro atoms. The third kappa shape index (κ3) is 4.49. The van der Waals surface area contributed by atoms with Gasteiger partial charge < -0.3 is 5.32 Å². The van der Waals surface area contributed by atoms with Crippen LogP contribution in [0, 0.1) is 11.7 Å². The Balaban J connectivity index is 1.67. The minimum absolute atomic E-state index is 0.126. The first kappa shape index (κ1) is 18.1. The summed E-state index contributed by atoms with van der Waals surface area (Å²) in [5.74, 6) is 0.309. The molecule has 5 nitrogen and oxygen atoms in total. The van der Waals surface area contributed by atoms with Crippen molar-refractivity contribution >= 4 is 17.2 Å². The summed E-state index contributed by atoms with van der Waals surface area (Å²) in [4.78, 5) is 25.2. The molecule has 3 rings (SSSR count). The average Bonchev–Trinajstić information content (AvgIpc) is 3.09. The maximum Gasteiger partial charge on any atom is 0.226 e. The Hall–Kier alpha value is -2.67. The van der Waals surface area contributed by atoms with E-state index in [1.807, 2.05) is 19.2 Å². The smallest absolute Gasteiger partial charge is 0.226 e. The Morgan fingerprint density at radius 2 is 1.88 bits per heavy atom. The van der Waals surface area contributed by atoms with Gasteiger partial charge >= 0.3 is 0 Å². The topological polar surface area (TPSA) is 67.8 Å². The summed E-state index contributed by atoms with van der Waals surface area (Å²) >= 11 is 1.41. The number of thiazole rings is 1. The quantitative estimate of drug-likeness (QED) is 0.717. The second-order valence-corrected chi connectivity index (χ2v) is 7.09. The fraction of sp³-hybridized carbons (Fsp3) is 0.263. The molecular weight excluding hydrogens is 351 g/mol. The van der Waals surface area contributed by atoms with Crippen LogP contribution in [0.3, 0.4) is 0 Å². The van der Waals surface area contributed by atoms with E-state index in [2.05, 4.69) is 20.3 Å². The van der Waals surface area contributed by atoms with Gasteiger partial charge in [0.1, 0.15) is 5.82 Å². The summed E-state index contributed by atoms with van der Waals surface area (Å²) in [6.07, 6.45) is 3.49. The van der Waals surface area contributed by atoms with Gasteiger partial charge in [0.05, 0.1) is 18.2 Å². The van der Waals surface area contributed by atoms with E-state index in [-0.39, 0.29) is 30.1 Å². The van der Waals surface area contributed by atoms with Crippen molar-refractivity contribution in [1.29, 1.82) is 0 Å². The minimum Gasteiger partial charge on any atom is -0.349 e. The molecule has 3 aromatic rings. The van der Waals surface area contributed by atoms with E-state index in [1.54, 1.807) is 30.6 Å². The Bertz CT molecular complexity index is 865. The lowest BCUT2D eigenvalue weighted by Gasteiger charge is -2.22. The highest BCUT2D eigenvalue weighted by Crippen LogP contribution is 2.23. The van der Waals surface area contributed by atoms with Gasteiger partial charge in [-0.1, -0.05) is 26.0 Å². The molecule has 0 saturated heterocycles. The zero-order valence-electron chi connectivity index (χ0n) is 14.5. The van der Waals surface area contributed by atoms with E-state index in [0.29, 0.717) is 16.5 Å². The van der Waals surface area contributed by atoms with E-state index in [4.69, 9.17) is 0 Å². The molecule has 1 aromatic carbocycles. The number of carbonyl (C=O) groups excluding carboxylic acids is 1. The number of nitrogens with zero attached hydrogens (tertiary/aromatic N) is 3. The fourth-order valence-corrected chi connectivity index (χ4v) is 3.36. The molecule has 26 heavy (non-hydrogen) atoms. The standard InChI is InChI=1S/C19H19FN4OS/c1-12(2)17(13-4-6-14(20)7-5-13)24-16(25)10-15-11-26-19(23-15)18-21-8-3-9-22-18/h3-9,11-12,17H,10H2,1-2H3,(H,24,25). The van der Waals surface area contributed by atoms with Crippen molar-refractivity contribution in [2.24, 2.45) is 5.92 Å². The molecule has 0 bridgehead atoms. The van der Waals surface area contributed by atoms with Crippen LogP contribution < -0.4 is 5.32 Å². The van der Waals surface area contributed by atoms with E-state index < -0.39 is 0 Å². The monoisotopic (exact) mass is 370 g/mol. The number of carbonyl (C=O) groups is 1. The van der Waals surface area contributed by atoms with Crippen LogP contribution in [0.4, 0.5) is 4.39 Å². The molecule has 2 heterocycles. The summed E-state index contributed by atoms with van der Waals surface area (Å²) in [5.41, 5.74) is 1.56. The van der Waals surface area contributed by atoms with Crippen molar-refractivity contribution in [2.45, 2.75) is 26.3 Å². The van der Waals surface area contributed by atoms with Gasteiger partial charge in [0.15, 0.2) is 10.8 Å². The van der Waals surface area contributed by atoms with Gasteiger partial charge in [-0.3, -0.25) is 4.79 Å². The number of halogens is 1. The highest BCUT2D eigenvalue weighted by atomic mass is 32.1. The van der Waals surface area contributed by atoms with Gasteiger partial charge in [-0.25, -0.2) is 19.3 Å². The molecular formula is C19H19FN4OS. The Morgan fingerprint density at radius 1 is 1.19 bits per heavy atom. The van der Waals surface area contributed by atoms with Gasteiger partial charge in [-0.05, 0) is 29.7 Å². The van der Waals surface area contributed by atoms with Crippen LogP contribution in [0.2, 0.25) is 0 Å². The highest BCUT2D eigenvalue weighted by molar-refractivity contribution is 7.13. The first-order valence-electron chi connectivity index (χ1n) is 8.29. The van der Waals surface area contributed by atoms with Gasteiger partial charge in [0.2, 0.25) is 5.91 Å². The third-order valence-electron chi connectivity index (χ3n) is 3.86. The SMILES string of the molecule is CC(C)C(NC(=O)Cc1csc(-c2ncccn2)n1)c1ccc(F)cc1. The van der Waals surface area contributed by atoms with Crippen molar-refractivity contribution in [3.8, 4) is 10.8 Å². The normalized spacial score (nSPS) is 12.2. The Labute approximate surface area is 155 Å². The summed E-state index contributed by atoms with van der Waals surface area (Å²) in [5, 5.41) is 5.55. The molecule has 1 unspecified atom stereocenters. The summed E-state index contributed by atoms with van der Waals surface area (Å²) < 4.78 is 13.1. The predicted octanol–water partition coefficient (Wildman–Crippen LogP) is 3.80. The molecule has 0 aliphatic heterocycles. The van der Waals surface area contributed by atoms with Crippen LogP contribution in [0.1, 0.15) is 31.1 Å². The Kier molecular flexibility index (Phi) is 5.68. The lowest BCUT2D eigenvalue weighted by Crippen LogP contribution is -2.32. The van der Waals surface area contributed by atoms with Crippen molar-refractivity contribution in [1.82, 2.24) is 20.3 Å². The Morgan fingerprint density at radius 3 is 2.54 bits per heavy atom. The number of nitrogens with one attached hydrogen (secondary N) is 1. The van der Waals surface area contributed by atoms with Crippen LogP contribution in [-0.2, 0) is 11.2 Å². The van der Waals surface area contributed by atoms with Gasteiger partial charge in [0.25, 0.3) is 0 Å². The van der Waals surface area contributed by atoms with Crippen LogP contribution in [0.25, 0.3) is 10.8 Å². The maximum absolute atomic E-state index is 13.1. The van der Waals surface area contributed by atoms with E-state index in [1.165, 1.54) is 23.5 Å². The zero-order valence-corrected chi connectivity index (χ0v) is 15.3. The van der Waals surface area contributed by atoms with Crippen LogP contribution >= 0.6 is 11.3 Å². The van der Waals surface area contributed by atoms with Crippen molar-refractivity contribution in [3.05, 3.63) is 65.2 Å². The van der Waals surface area contributed by atoms with Crippen molar-refractivity contribution < 1.29 is 9.18 Å². The second kappa shape index (κ2) is 8.14. The molecule has 2 aromatic heterocycles. The largest absolute Gasteiger partial charge is 0.349 e. The molecule has 1 N–H and O–H groups in total. The summed E-state index contributed by atoms with van der Waals surface area (Å²) in [6, 6.07) is 7.78. The zero-order chi connectivity index (χ0) is 18.5. The molecule has 7 heteroatoms. The molecule has 0 radical (unpaired) electrons. The van der Waals surface area contributed by atoms with Crippen molar-refractivity contribution in [3.63, 3.8) is 0 Å². The molecule has 0 saturated carbocycles. The van der Waals surface area contributed by atoms with Crippen LogP contribution in [-0.4, -0.2) is 20.9 Å². The molecule has 134 valence electrons. The minimum atomic E-state index is -0.291. The molecule has 1 atom stereocenters. The van der Waals surface area contributed by atoms with Gasteiger partial charge in [-0.15, -0.1) is 11.3 Å². The maximum atomic E-state index is 13.1. The third-order valence-corrected chi connectivity index (χ3v) is 4.75. The van der Waals surface area contributed by atoms with Gasteiger partial charge in [0, 0.05) is 17.8 Å². The van der Waals surface area contributed by atoms with Crippen LogP contribution in [0.15, 0.2) is 48.1 Å². The second-order valence-electron chi connectivity index (χ2n) is 6.23. The first-order valence-corrected chi connectivity index (χ1v) is 9.17.